The number of carbonyl (C=O) groups is 1. The Bertz CT molecular complexity index is 915. The predicted molar refractivity (Wildman–Crippen MR) is 87.9 cm³/mol. The van der Waals surface area contributed by atoms with E-state index in [2.05, 4.69) is 15.3 Å². The van der Waals surface area contributed by atoms with E-state index in [4.69, 9.17) is 0 Å². The van der Waals surface area contributed by atoms with Gasteiger partial charge in [0.05, 0.1) is 15.1 Å². The lowest BCUT2D eigenvalue weighted by molar-refractivity contribution is -0.384. The Hall–Kier alpha value is -2.87. The molecule has 1 aromatic carbocycles. The quantitative estimate of drug-likeness (QED) is 0.586. The molecule has 2 aromatic heterocycles. The van der Waals surface area contributed by atoms with Crippen LogP contribution in [-0.4, -0.2) is 20.8 Å². The summed E-state index contributed by atoms with van der Waals surface area (Å²) in [4.78, 5) is 31.0. The van der Waals surface area contributed by atoms with Crippen LogP contribution in [0.3, 0.4) is 0 Å². The van der Waals surface area contributed by atoms with Crippen LogP contribution in [0, 0.1) is 24.0 Å². The van der Waals surface area contributed by atoms with Crippen LogP contribution >= 0.6 is 11.3 Å². The van der Waals surface area contributed by atoms with Crippen LogP contribution in [0.5, 0.6) is 0 Å². The Morgan fingerprint density at radius 1 is 1.22 bits per heavy atom. The molecule has 0 atom stereocenters. The molecule has 116 valence electrons. The molecule has 0 unspecified atom stereocenters. The van der Waals surface area contributed by atoms with Gasteiger partial charge in [0, 0.05) is 17.8 Å². The number of anilines is 1. The van der Waals surface area contributed by atoms with Crippen molar-refractivity contribution in [3.05, 3.63) is 57.4 Å². The molecule has 0 aliphatic rings. The van der Waals surface area contributed by atoms with E-state index >= 15 is 0 Å². The summed E-state index contributed by atoms with van der Waals surface area (Å²) in [6.45, 7) is 3.71. The number of pyridine rings is 1. The molecule has 1 amide bonds. The number of aromatic nitrogens is 2. The van der Waals surface area contributed by atoms with Gasteiger partial charge in [0.15, 0.2) is 5.13 Å². The highest BCUT2D eigenvalue weighted by molar-refractivity contribution is 7.22. The molecule has 0 bridgehead atoms. The summed E-state index contributed by atoms with van der Waals surface area (Å²) >= 11 is 1.18. The van der Waals surface area contributed by atoms with Crippen molar-refractivity contribution < 1.29 is 9.72 Å². The van der Waals surface area contributed by atoms with E-state index in [1.807, 2.05) is 19.9 Å². The summed E-state index contributed by atoms with van der Waals surface area (Å²) in [6, 6.07) is 7.97. The van der Waals surface area contributed by atoms with Crippen LogP contribution < -0.4 is 5.32 Å². The van der Waals surface area contributed by atoms with Gasteiger partial charge in [-0.15, -0.1) is 0 Å². The predicted octanol–water partition coefficient (Wildman–Crippen LogP) is 3.47. The Balaban J connectivity index is 1.88. The average molecular weight is 328 g/mol. The number of benzene rings is 1. The Labute approximate surface area is 135 Å². The standard InChI is InChI=1S/C15H12N4O3S/c1-8-5-9(2)16-12(6-8)14(20)18-15-17-11-4-3-10(19(21)22)7-13(11)23-15/h3-7H,1-2H3,(H,17,18,20). The minimum Gasteiger partial charge on any atom is -0.296 e. The summed E-state index contributed by atoms with van der Waals surface area (Å²) < 4.78 is 0.642. The van der Waals surface area contributed by atoms with E-state index in [1.54, 1.807) is 12.1 Å². The fourth-order valence-electron chi connectivity index (χ4n) is 2.20. The fourth-order valence-corrected chi connectivity index (χ4v) is 3.09. The van der Waals surface area contributed by atoms with Crippen LogP contribution in [-0.2, 0) is 0 Å². The van der Waals surface area contributed by atoms with Gasteiger partial charge in [-0.1, -0.05) is 11.3 Å². The van der Waals surface area contributed by atoms with Crippen LogP contribution in [0.15, 0.2) is 30.3 Å². The van der Waals surface area contributed by atoms with E-state index in [0.717, 1.165) is 11.3 Å². The summed E-state index contributed by atoms with van der Waals surface area (Å²) in [5, 5.41) is 13.9. The van der Waals surface area contributed by atoms with E-state index in [1.165, 1.54) is 23.5 Å². The van der Waals surface area contributed by atoms with Crippen molar-refractivity contribution in [2.24, 2.45) is 0 Å². The molecule has 1 N–H and O–H groups in total. The van der Waals surface area contributed by atoms with Crippen molar-refractivity contribution in [3.8, 4) is 0 Å². The molecule has 3 aromatic rings. The van der Waals surface area contributed by atoms with Crippen molar-refractivity contribution in [1.29, 1.82) is 0 Å². The molecule has 2 heterocycles. The average Bonchev–Trinajstić information content (AvgIpc) is 2.87. The number of nitro groups is 1. The Morgan fingerprint density at radius 3 is 2.70 bits per heavy atom. The SMILES string of the molecule is Cc1cc(C)nc(C(=O)Nc2nc3ccc([N+](=O)[O-])cc3s2)c1. The molecule has 3 rings (SSSR count). The third-order valence-corrected chi connectivity index (χ3v) is 4.07. The number of fused-ring (bicyclic) bond motifs is 1. The second-order valence-corrected chi connectivity index (χ2v) is 6.08. The number of hydrogen-bond acceptors (Lipinski definition) is 6. The first kappa shape index (κ1) is 15.0. The lowest BCUT2D eigenvalue weighted by atomic mass is 10.2. The van der Waals surface area contributed by atoms with Gasteiger partial charge < -0.3 is 0 Å². The molecule has 7 nitrogen and oxygen atoms in total. The highest BCUT2D eigenvalue weighted by atomic mass is 32.1. The lowest BCUT2D eigenvalue weighted by Gasteiger charge is -2.03. The molecule has 0 fully saturated rings. The van der Waals surface area contributed by atoms with Crippen molar-refractivity contribution in [3.63, 3.8) is 0 Å². The first-order valence-corrected chi connectivity index (χ1v) is 7.55. The van der Waals surface area contributed by atoms with Crippen molar-refractivity contribution in [2.75, 3.05) is 5.32 Å². The first-order valence-electron chi connectivity index (χ1n) is 6.74. The van der Waals surface area contributed by atoms with E-state index in [9.17, 15) is 14.9 Å². The number of carbonyl (C=O) groups excluding carboxylic acids is 1. The van der Waals surface area contributed by atoms with Gasteiger partial charge in [-0.2, -0.15) is 0 Å². The lowest BCUT2D eigenvalue weighted by Crippen LogP contribution is -2.14. The highest BCUT2D eigenvalue weighted by Crippen LogP contribution is 2.29. The van der Waals surface area contributed by atoms with Gasteiger partial charge in [0.25, 0.3) is 11.6 Å². The largest absolute Gasteiger partial charge is 0.296 e. The van der Waals surface area contributed by atoms with Gasteiger partial charge in [-0.25, -0.2) is 9.97 Å². The number of hydrogen-bond donors (Lipinski definition) is 1. The topological polar surface area (TPSA) is 98.0 Å². The Morgan fingerprint density at radius 2 is 2.00 bits per heavy atom. The second-order valence-electron chi connectivity index (χ2n) is 5.05. The highest BCUT2D eigenvalue weighted by Gasteiger charge is 2.14. The van der Waals surface area contributed by atoms with Gasteiger partial charge in [-0.3, -0.25) is 20.2 Å². The molecule has 0 saturated heterocycles. The van der Waals surface area contributed by atoms with Crippen LogP contribution in [0.1, 0.15) is 21.7 Å². The molecule has 0 aliphatic heterocycles. The van der Waals surface area contributed by atoms with Gasteiger partial charge >= 0.3 is 0 Å². The summed E-state index contributed by atoms with van der Waals surface area (Å²) in [7, 11) is 0. The normalized spacial score (nSPS) is 10.7. The zero-order valence-electron chi connectivity index (χ0n) is 12.4. The van der Waals surface area contributed by atoms with Crippen molar-refractivity contribution >= 4 is 38.3 Å². The van der Waals surface area contributed by atoms with Crippen molar-refractivity contribution in [2.45, 2.75) is 13.8 Å². The maximum Gasteiger partial charge on any atom is 0.276 e. The van der Waals surface area contributed by atoms with Gasteiger partial charge in [0.2, 0.25) is 0 Å². The molecule has 0 radical (unpaired) electrons. The number of rotatable bonds is 3. The van der Waals surface area contributed by atoms with Crippen molar-refractivity contribution in [1.82, 2.24) is 9.97 Å². The minimum atomic E-state index is -0.461. The molecule has 0 aliphatic carbocycles. The minimum absolute atomic E-state index is 0.00463. The molecule has 23 heavy (non-hydrogen) atoms. The molecular weight excluding hydrogens is 316 g/mol. The third kappa shape index (κ3) is 3.16. The van der Waals surface area contributed by atoms with Crippen LogP contribution in [0.25, 0.3) is 10.2 Å². The number of nitrogens with one attached hydrogen (secondary N) is 1. The van der Waals surface area contributed by atoms with Crippen LogP contribution in [0.2, 0.25) is 0 Å². The van der Waals surface area contributed by atoms with E-state index in [0.29, 0.717) is 21.0 Å². The van der Waals surface area contributed by atoms with E-state index in [-0.39, 0.29) is 11.6 Å². The smallest absolute Gasteiger partial charge is 0.276 e. The number of amides is 1. The number of nitrogens with zero attached hydrogens (tertiary/aromatic N) is 3. The third-order valence-electron chi connectivity index (χ3n) is 3.13. The second kappa shape index (κ2) is 5.73. The molecule has 0 saturated carbocycles. The van der Waals surface area contributed by atoms with E-state index < -0.39 is 4.92 Å². The molecular formula is C15H12N4O3S. The zero-order valence-corrected chi connectivity index (χ0v) is 13.2. The van der Waals surface area contributed by atoms with Gasteiger partial charge in [-0.05, 0) is 37.6 Å². The number of thiazole rings is 1. The van der Waals surface area contributed by atoms with Crippen LogP contribution in [0.4, 0.5) is 10.8 Å². The number of nitro benzene ring substituents is 1. The number of aryl methyl sites for hydroxylation is 2. The van der Waals surface area contributed by atoms with Gasteiger partial charge in [0.1, 0.15) is 5.69 Å². The molecule has 0 spiro atoms. The fraction of sp³-hybridized carbons (Fsp3) is 0.133. The molecule has 8 heteroatoms. The monoisotopic (exact) mass is 328 g/mol. The summed E-state index contributed by atoms with van der Waals surface area (Å²) in [6.07, 6.45) is 0. The summed E-state index contributed by atoms with van der Waals surface area (Å²) in [5.74, 6) is -0.356. The summed E-state index contributed by atoms with van der Waals surface area (Å²) in [5.41, 5.74) is 2.62. The first-order chi connectivity index (χ1) is 10.9. The Kier molecular flexibility index (Phi) is 3.75. The maximum atomic E-state index is 12.3. The zero-order chi connectivity index (χ0) is 16.6. The maximum absolute atomic E-state index is 12.3. The number of non-ortho nitro benzene ring substituents is 1.